The van der Waals surface area contributed by atoms with E-state index in [0.717, 1.165) is 38.1 Å². The van der Waals surface area contributed by atoms with E-state index >= 15 is 0 Å². The van der Waals surface area contributed by atoms with Crippen LogP contribution >= 0.6 is 0 Å². The van der Waals surface area contributed by atoms with E-state index in [9.17, 15) is 17.2 Å². The first-order valence-corrected chi connectivity index (χ1v) is 8.28. The van der Waals surface area contributed by atoms with E-state index in [-0.39, 0.29) is 11.4 Å². The average molecular weight is 304 g/mol. The number of hydrogen-bond donors (Lipinski definition) is 2. The summed E-state index contributed by atoms with van der Waals surface area (Å²) in [7, 11) is -3.60. The van der Waals surface area contributed by atoms with Crippen LogP contribution in [0.15, 0.2) is 18.2 Å². The molecule has 0 atom stereocenters. The number of hydrogen-bond acceptors (Lipinski definition) is 3. The molecule has 1 heterocycles. The van der Waals surface area contributed by atoms with Crippen LogP contribution in [-0.4, -0.2) is 27.3 Å². The number of rotatable bonds is 5. The highest BCUT2D eigenvalue weighted by atomic mass is 32.2. The lowest BCUT2D eigenvalue weighted by Crippen LogP contribution is -2.29. The minimum Gasteiger partial charge on any atom is -0.317 e. The van der Waals surface area contributed by atoms with Gasteiger partial charge >= 0.3 is 0 Å². The summed E-state index contributed by atoms with van der Waals surface area (Å²) in [4.78, 5) is 0. The van der Waals surface area contributed by atoms with Gasteiger partial charge in [-0.2, -0.15) is 0 Å². The molecule has 1 aromatic carbocycles. The zero-order chi connectivity index (χ0) is 14.6. The Hall–Kier alpha value is -1.21. The monoisotopic (exact) mass is 304 g/mol. The van der Waals surface area contributed by atoms with E-state index in [1.807, 2.05) is 0 Å². The molecule has 2 rings (SSSR count). The first kappa shape index (κ1) is 15.2. The van der Waals surface area contributed by atoms with Crippen LogP contribution in [0.25, 0.3) is 0 Å². The smallest absolute Gasteiger partial charge is 0.232 e. The molecule has 1 aliphatic rings. The van der Waals surface area contributed by atoms with Gasteiger partial charge in [-0.1, -0.05) is 0 Å². The lowest BCUT2D eigenvalue weighted by Gasteiger charge is -2.22. The van der Waals surface area contributed by atoms with Gasteiger partial charge in [0.1, 0.15) is 11.6 Å². The molecule has 4 nitrogen and oxygen atoms in total. The molecule has 0 unspecified atom stereocenters. The maximum absolute atomic E-state index is 13.4. The van der Waals surface area contributed by atoms with Crippen molar-refractivity contribution in [2.45, 2.75) is 19.3 Å². The van der Waals surface area contributed by atoms with Gasteiger partial charge in [0.15, 0.2) is 0 Å². The molecule has 1 aliphatic heterocycles. The molecule has 1 aromatic rings. The number of halogens is 2. The normalized spacial score (nSPS) is 17.1. The third-order valence-corrected chi connectivity index (χ3v) is 4.75. The Balaban J connectivity index is 1.93. The summed E-state index contributed by atoms with van der Waals surface area (Å²) < 4.78 is 52.1. The summed E-state index contributed by atoms with van der Waals surface area (Å²) in [5.74, 6) is -1.31. The Kier molecular flexibility index (Phi) is 4.93. The molecule has 20 heavy (non-hydrogen) atoms. The van der Waals surface area contributed by atoms with Gasteiger partial charge in [0.25, 0.3) is 0 Å². The zero-order valence-electron chi connectivity index (χ0n) is 11.0. The van der Waals surface area contributed by atoms with Crippen LogP contribution in [0.4, 0.5) is 14.5 Å². The third kappa shape index (κ3) is 4.42. The van der Waals surface area contributed by atoms with E-state index in [4.69, 9.17) is 0 Å². The van der Waals surface area contributed by atoms with Crippen molar-refractivity contribution in [1.82, 2.24) is 5.32 Å². The van der Waals surface area contributed by atoms with Crippen molar-refractivity contribution in [2.75, 3.05) is 23.6 Å². The van der Waals surface area contributed by atoms with Gasteiger partial charge in [-0.25, -0.2) is 17.2 Å². The fourth-order valence-corrected chi connectivity index (χ4v) is 3.53. The van der Waals surface area contributed by atoms with Crippen molar-refractivity contribution in [1.29, 1.82) is 0 Å². The van der Waals surface area contributed by atoms with Gasteiger partial charge in [0.05, 0.1) is 11.4 Å². The number of anilines is 1. The first-order valence-electron chi connectivity index (χ1n) is 6.62. The standard InChI is InChI=1S/C13H18F2N2O2S/c14-11-1-2-13(12(15)9-11)17-20(18,19)8-5-10-3-6-16-7-4-10/h1-2,9-10,16-17H,3-8H2. The Morgan fingerprint density at radius 1 is 1.25 bits per heavy atom. The number of nitrogens with one attached hydrogen (secondary N) is 2. The molecular formula is C13H18F2N2O2S. The molecule has 0 aromatic heterocycles. The summed E-state index contributed by atoms with van der Waals surface area (Å²) in [6, 6.07) is 2.77. The van der Waals surface area contributed by atoms with Crippen molar-refractivity contribution in [3.8, 4) is 0 Å². The molecule has 7 heteroatoms. The Labute approximate surface area is 117 Å². The quantitative estimate of drug-likeness (QED) is 0.876. The molecule has 1 fully saturated rings. The van der Waals surface area contributed by atoms with Crippen molar-refractivity contribution >= 4 is 15.7 Å². The van der Waals surface area contributed by atoms with Crippen molar-refractivity contribution in [2.24, 2.45) is 5.92 Å². The molecule has 0 spiro atoms. The number of piperidine rings is 1. The SMILES string of the molecule is O=S(=O)(CCC1CCNCC1)Nc1ccc(F)cc1F. The van der Waals surface area contributed by atoms with Crippen LogP contribution in [0.1, 0.15) is 19.3 Å². The highest BCUT2D eigenvalue weighted by molar-refractivity contribution is 7.92. The van der Waals surface area contributed by atoms with Crippen LogP contribution in [0.5, 0.6) is 0 Å². The maximum Gasteiger partial charge on any atom is 0.232 e. The van der Waals surface area contributed by atoms with E-state index in [0.29, 0.717) is 18.4 Å². The molecule has 0 saturated carbocycles. The summed E-state index contributed by atoms with van der Waals surface area (Å²) >= 11 is 0. The topological polar surface area (TPSA) is 58.2 Å². The lowest BCUT2D eigenvalue weighted by molar-refractivity contribution is 0.365. The minimum atomic E-state index is -3.60. The highest BCUT2D eigenvalue weighted by Gasteiger charge is 2.18. The minimum absolute atomic E-state index is 0.0471. The van der Waals surface area contributed by atoms with E-state index in [1.165, 1.54) is 0 Å². The third-order valence-electron chi connectivity index (χ3n) is 3.45. The molecule has 0 bridgehead atoms. The second-order valence-electron chi connectivity index (χ2n) is 5.03. The molecule has 0 aliphatic carbocycles. The van der Waals surface area contributed by atoms with Crippen molar-refractivity contribution in [3.05, 3.63) is 29.8 Å². The van der Waals surface area contributed by atoms with Crippen LogP contribution in [0, 0.1) is 17.6 Å². The maximum atomic E-state index is 13.4. The zero-order valence-corrected chi connectivity index (χ0v) is 11.8. The predicted octanol–water partition coefficient (Wildman–Crippen LogP) is 2.10. The summed E-state index contributed by atoms with van der Waals surface area (Å²) in [5, 5.41) is 3.21. The van der Waals surface area contributed by atoms with Gasteiger partial charge in [-0.3, -0.25) is 4.72 Å². The van der Waals surface area contributed by atoms with Gasteiger partial charge in [-0.05, 0) is 50.4 Å². The first-order chi connectivity index (χ1) is 9.46. The van der Waals surface area contributed by atoms with Crippen LogP contribution < -0.4 is 10.0 Å². The van der Waals surface area contributed by atoms with Crippen LogP contribution in [0.3, 0.4) is 0 Å². The van der Waals surface area contributed by atoms with E-state index in [2.05, 4.69) is 10.0 Å². The average Bonchev–Trinajstić information content (AvgIpc) is 2.41. The molecular weight excluding hydrogens is 286 g/mol. The van der Waals surface area contributed by atoms with Gasteiger partial charge in [0.2, 0.25) is 10.0 Å². The largest absolute Gasteiger partial charge is 0.317 e. The summed E-state index contributed by atoms with van der Waals surface area (Å²) in [6.45, 7) is 1.81. The van der Waals surface area contributed by atoms with Crippen LogP contribution in [-0.2, 0) is 10.0 Å². The number of benzene rings is 1. The number of sulfonamides is 1. The second-order valence-corrected chi connectivity index (χ2v) is 6.87. The van der Waals surface area contributed by atoms with Gasteiger partial charge < -0.3 is 5.32 Å². The van der Waals surface area contributed by atoms with Crippen molar-refractivity contribution < 1.29 is 17.2 Å². The molecule has 1 saturated heterocycles. The molecule has 112 valence electrons. The highest BCUT2D eigenvalue weighted by Crippen LogP contribution is 2.19. The molecule has 0 amide bonds. The van der Waals surface area contributed by atoms with Gasteiger partial charge in [0, 0.05) is 6.07 Å². The van der Waals surface area contributed by atoms with Crippen molar-refractivity contribution in [3.63, 3.8) is 0 Å². The van der Waals surface area contributed by atoms with E-state index in [1.54, 1.807) is 0 Å². The lowest BCUT2D eigenvalue weighted by atomic mass is 9.96. The summed E-state index contributed by atoms with van der Waals surface area (Å²) in [6.07, 6.45) is 2.47. The second kappa shape index (κ2) is 6.49. The van der Waals surface area contributed by atoms with E-state index < -0.39 is 21.7 Å². The van der Waals surface area contributed by atoms with Crippen LogP contribution in [0.2, 0.25) is 0 Å². The molecule has 2 N–H and O–H groups in total. The Bertz CT molecular complexity index is 557. The molecule has 0 radical (unpaired) electrons. The Morgan fingerprint density at radius 2 is 1.95 bits per heavy atom. The fourth-order valence-electron chi connectivity index (χ4n) is 2.28. The fraction of sp³-hybridized carbons (Fsp3) is 0.538. The summed E-state index contributed by atoms with van der Waals surface area (Å²) in [5.41, 5.74) is -0.211. The van der Waals surface area contributed by atoms with Gasteiger partial charge in [-0.15, -0.1) is 0 Å². The predicted molar refractivity (Wildman–Crippen MR) is 74.0 cm³/mol. The Morgan fingerprint density at radius 3 is 2.60 bits per heavy atom.